The van der Waals surface area contributed by atoms with E-state index >= 15 is 0 Å². The Morgan fingerprint density at radius 2 is 1.69 bits per heavy atom. The number of ether oxygens (including phenoxy) is 1. The first-order valence-electron chi connectivity index (χ1n) is 10.4. The largest absolute Gasteiger partial charge is 0.456 e. The molecule has 0 spiro atoms. The lowest BCUT2D eigenvalue weighted by atomic mass is 10.0. The number of H-pyrrole nitrogens is 1. The SMILES string of the molecule is CN(C)CCNC(=O)c1cccc(-c2cccc(Oc3cc(=O)[nH]c4ccccc34)c2)c1. The van der Waals surface area contributed by atoms with Gasteiger partial charge in [0.1, 0.15) is 11.5 Å². The summed E-state index contributed by atoms with van der Waals surface area (Å²) in [5, 5.41) is 3.77. The molecule has 32 heavy (non-hydrogen) atoms. The number of fused-ring (bicyclic) bond motifs is 1. The predicted molar refractivity (Wildman–Crippen MR) is 127 cm³/mol. The van der Waals surface area contributed by atoms with Crippen molar-refractivity contribution in [3.05, 3.63) is 94.8 Å². The number of amides is 1. The molecule has 0 aliphatic carbocycles. The summed E-state index contributed by atoms with van der Waals surface area (Å²) in [7, 11) is 3.94. The summed E-state index contributed by atoms with van der Waals surface area (Å²) in [6.45, 7) is 1.37. The standard InChI is InChI=1S/C26H25N3O3/c1-29(2)14-13-27-26(31)20-9-5-7-18(15-20)19-8-6-10-21(16-19)32-24-17-25(30)28-23-12-4-3-11-22(23)24/h3-12,15-17H,13-14H2,1-2H3,(H,27,31)(H,28,30). The van der Waals surface area contributed by atoms with Crippen LogP contribution in [0.25, 0.3) is 22.0 Å². The minimum absolute atomic E-state index is 0.101. The molecule has 0 aliphatic heterocycles. The van der Waals surface area contributed by atoms with Crippen LogP contribution in [-0.2, 0) is 0 Å². The highest BCUT2D eigenvalue weighted by Gasteiger charge is 2.09. The van der Waals surface area contributed by atoms with Crippen molar-refractivity contribution in [1.82, 2.24) is 15.2 Å². The second-order valence-corrected chi connectivity index (χ2v) is 7.81. The van der Waals surface area contributed by atoms with E-state index in [4.69, 9.17) is 4.74 Å². The van der Waals surface area contributed by atoms with Crippen LogP contribution in [0.15, 0.2) is 83.7 Å². The molecule has 4 aromatic rings. The van der Waals surface area contributed by atoms with Gasteiger partial charge in [-0.25, -0.2) is 0 Å². The number of hydrogen-bond donors (Lipinski definition) is 2. The van der Waals surface area contributed by atoms with Crippen LogP contribution in [-0.4, -0.2) is 43.0 Å². The summed E-state index contributed by atoms with van der Waals surface area (Å²) in [5.41, 5.74) is 2.93. The van der Waals surface area contributed by atoms with Crippen molar-refractivity contribution in [3.8, 4) is 22.6 Å². The number of benzene rings is 3. The predicted octanol–water partition coefficient (Wildman–Crippen LogP) is 4.28. The number of pyridine rings is 1. The second-order valence-electron chi connectivity index (χ2n) is 7.81. The zero-order valence-electron chi connectivity index (χ0n) is 18.1. The molecule has 2 N–H and O–H groups in total. The molecule has 0 radical (unpaired) electrons. The van der Waals surface area contributed by atoms with Gasteiger partial charge in [-0.1, -0.05) is 36.4 Å². The van der Waals surface area contributed by atoms with Crippen LogP contribution in [0.2, 0.25) is 0 Å². The number of nitrogens with zero attached hydrogens (tertiary/aromatic N) is 1. The average Bonchev–Trinajstić information content (AvgIpc) is 2.79. The number of carbonyl (C=O) groups excluding carboxylic acids is 1. The van der Waals surface area contributed by atoms with E-state index in [1.807, 2.05) is 85.7 Å². The molecule has 6 heteroatoms. The normalized spacial score (nSPS) is 11.0. The first kappa shape index (κ1) is 21.3. The third-order valence-electron chi connectivity index (χ3n) is 5.08. The van der Waals surface area contributed by atoms with Gasteiger partial charge in [0, 0.05) is 30.1 Å². The monoisotopic (exact) mass is 427 g/mol. The Labute approximate surface area is 186 Å². The molecule has 1 aromatic heterocycles. The quantitative estimate of drug-likeness (QED) is 0.462. The van der Waals surface area contributed by atoms with Gasteiger partial charge in [0.05, 0.1) is 5.52 Å². The van der Waals surface area contributed by atoms with Crippen LogP contribution >= 0.6 is 0 Å². The van der Waals surface area contributed by atoms with Crippen molar-refractivity contribution < 1.29 is 9.53 Å². The summed E-state index contributed by atoms with van der Waals surface area (Å²) >= 11 is 0. The number of carbonyl (C=O) groups is 1. The van der Waals surface area contributed by atoms with Gasteiger partial charge in [-0.05, 0) is 61.6 Å². The Morgan fingerprint density at radius 3 is 2.50 bits per heavy atom. The molecule has 1 heterocycles. The van der Waals surface area contributed by atoms with Crippen molar-refractivity contribution >= 4 is 16.8 Å². The van der Waals surface area contributed by atoms with E-state index in [1.165, 1.54) is 6.07 Å². The third-order valence-corrected chi connectivity index (χ3v) is 5.08. The molecular weight excluding hydrogens is 402 g/mol. The van der Waals surface area contributed by atoms with Gasteiger partial charge in [0.15, 0.2) is 0 Å². The fraction of sp³-hybridized carbons (Fsp3) is 0.154. The van der Waals surface area contributed by atoms with E-state index in [0.717, 1.165) is 28.6 Å². The molecular formula is C26H25N3O3. The van der Waals surface area contributed by atoms with E-state index < -0.39 is 0 Å². The average molecular weight is 428 g/mol. The summed E-state index contributed by atoms with van der Waals surface area (Å²) in [5.74, 6) is 1.01. The Bertz CT molecular complexity index is 1310. The molecule has 0 fully saturated rings. The van der Waals surface area contributed by atoms with Gasteiger partial charge in [0.2, 0.25) is 0 Å². The highest BCUT2D eigenvalue weighted by Crippen LogP contribution is 2.30. The Hall–Kier alpha value is -3.90. The van der Waals surface area contributed by atoms with Crippen molar-refractivity contribution in [1.29, 1.82) is 0 Å². The molecule has 0 atom stereocenters. The van der Waals surface area contributed by atoms with Gasteiger partial charge in [-0.2, -0.15) is 0 Å². The lowest BCUT2D eigenvalue weighted by molar-refractivity contribution is 0.0951. The minimum atomic E-state index is -0.220. The lowest BCUT2D eigenvalue weighted by Crippen LogP contribution is -2.31. The highest BCUT2D eigenvalue weighted by atomic mass is 16.5. The topological polar surface area (TPSA) is 74.4 Å². The zero-order chi connectivity index (χ0) is 22.5. The molecule has 6 nitrogen and oxygen atoms in total. The van der Waals surface area contributed by atoms with E-state index in [0.29, 0.717) is 23.6 Å². The number of hydrogen-bond acceptors (Lipinski definition) is 4. The molecule has 162 valence electrons. The maximum Gasteiger partial charge on any atom is 0.252 e. The first-order chi connectivity index (χ1) is 15.5. The highest BCUT2D eigenvalue weighted by molar-refractivity contribution is 5.95. The van der Waals surface area contributed by atoms with Gasteiger partial charge in [-0.3, -0.25) is 9.59 Å². The maximum absolute atomic E-state index is 12.5. The number of likely N-dealkylation sites (N-methyl/N-ethyl adjacent to an activating group) is 1. The molecule has 0 unspecified atom stereocenters. The van der Waals surface area contributed by atoms with E-state index in [1.54, 1.807) is 6.07 Å². The second kappa shape index (κ2) is 9.49. The van der Waals surface area contributed by atoms with Crippen LogP contribution in [0.1, 0.15) is 10.4 Å². The van der Waals surface area contributed by atoms with Crippen molar-refractivity contribution in [3.63, 3.8) is 0 Å². The van der Waals surface area contributed by atoms with Crippen molar-refractivity contribution in [2.75, 3.05) is 27.2 Å². The first-order valence-corrected chi connectivity index (χ1v) is 10.4. The molecule has 0 saturated carbocycles. The van der Waals surface area contributed by atoms with E-state index in [2.05, 4.69) is 10.3 Å². The number of para-hydroxylation sites is 1. The fourth-order valence-corrected chi connectivity index (χ4v) is 3.46. The molecule has 0 saturated heterocycles. The van der Waals surface area contributed by atoms with Crippen LogP contribution < -0.4 is 15.6 Å². The van der Waals surface area contributed by atoms with Gasteiger partial charge in [0.25, 0.3) is 11.5 Å². The van der Waals surface area contributed by atoms with Crippen molar-refractivity contribution in [2.24, 2.45) is 0 Å². The Morgan fingerprint density at radius 1 is 0.938 bits per heavy atom. The molecule has 3 aromatic carbocycles. The molecule has 4 rings (SSSR count). The number of nitrogens with one attached hydrogen (secondary N) is 2. The molecule has 1 amide bonds. The number of aromatic amines is 1. The van der Waals surface area contributed by atoms with Crippen LogP contribution in [0.3, 0.4) is 0 Å². The van der Waals surface area contributed by atoms with Crippen LogP contribution in [0.5, 0.6) is 11.5 Å². The Balaban J connectivity index is 1.58. The van der Waals surface area contributed by atoms with E-state index in [9.17, 15) is 9.59 Å². The third kappa shape index (κ3) is 5.04. The maximum atomic E-state index is 12.5. The van der Waals surface area contributed by atoms with Crippen LogP contribution in [0, 0.1) is 0 Å². The Kier molecular flexibility index (Phi) is 6.33. The molecule has 0 aliphatic rings. The fourth-order valence-electron chi connectivity index (χ4n) is 3.46. The van der Waals surface area contributed by atoms with Gasteiger partial charge in [-0.15, -0.1) is 0 Å². The van der Waals surface area contributed by atoms with Gasteiger partial charge < -0.3 is 19.9 Å². The minimum Gasteiger partial charge on any atom is -0.456 e. The van der Waals surface area contributed by atoms with Crippen LogP contribution in [0.4, 0.5) is 0 Å². The number of rotatable bonds is 7. The lowest BCUT2D eigenvalue weighted by Gasteiger charge is -2.12. The zero-order valence-corrected chi connectivity index (χ0v) is 18.1. The summed E-state index contributed by atoms with van der Waals surface area (Å²) in [6.07, 6.45) is 0. The van der Waals surface area contributed by atoms with Crippen molar-refractivity contribution in [2.45, 2.75) is 0 Å². The van der Waals surface area contributed by atoms with Gasteiger partial charge >= 0.3 is 0 Å². The smallest absolute Gasteiger partial charge is 0.252 e. The number of aromatic nitrogens is 1. The summed E-state index contributed by atoms with van der Waals surface area (Å²) in [4.78, 5) is 29.3. The molecule has 0 bridgehead atoms. The van der Waals surface area contributed by atoms with E-state index in [-0.39, 0.29) is 11.5 Å². The summed E-state index contributed by atoms with van der Waals surface area (Å²) < 4.78 is 6.08. The summed E-state index contributed by atoms with van der Waals surface area (Å²) in [6, 6.07) is 24.1.